The minimum Gasteiger partial charge on any atom is -0.495 e. The number of ether oxygens (including phenoxy) is 2. The second-order valence-electron chi connectivity index (χ2n) is 9.38. The number of methoxy groups -OCH3 is 1. The van der Waals surface area contributed by atoms with E-state index in [4.69, 9.17) is 32.7 Å². The number of carboxylic acids is 1. The molecule has 188 valence electrons. The standard InChI is InChI=1S/C26H30Cl2N2O5/c1-14(2)21(25(32)33)15-5-7-16(8-6-15)26(9-10-35-13-26)29-24(31)19-11-17-18(30(19)3)12-20(34-4)23(28)22(17)27/h5-8,11-12,14,21,24,29,31H,9-10,13H2,1-4H3,(H,32,33). The molecule has 0 amide bonds. The molecule has 1 aliphatic heterocycles. The van der Waals surface area contributed by atoms with Crippen LogP contribution in [0, 0.1) is 5.92 Å². The fourth-order valence-electron chi connectivity index (χ4n) is 4.96. The molecule has 9 heteroatoms. The molecule has 35 heavy (non-hydrogen) atoms. The van der Waals surface area contributed by atoms with Gasteiger partial charge in [0.05, 0.1) is 41.4 Å². The van der Waals surface area contributed by atoms with Crippen molar-refractivity contribution in [1.82, 2.24) is 9.88 Å². The largest absolute Gasteiger partial charge is 0.495 e. The molecule has 0 saturated carbocycles. The second kappa shape index (κ2) is 9.99. The predicted octanol–water partition coefficient (Wildman–Crippen LogP) is 5.21. The van der Waals surface area contributed by atoms with Crippen LogP contribution in [0.5, 0.6) is 5.75 Å². The molecule has 0 aliphatic carbocycles. The monoisotopic (exact) mass is 520 g/mol. The van der Waals surface area contributed by atoms with Crippen LogP contribution < -0.4 is 10.1 Å². The highest BCUT2D eigenvalue weighted by Crippen LogP contribution is 2.41. The molecule has 3 unspecified atom stereocenters. The molecule has 3 aromatic rings. The molecule has 1 aliphatic rings. The summed E-state index contributed by atoms with van der Waals surface area (Å²) in [5, 5.41) is 25.7. The van der Waals surface area contributed by atoms with E-state index in [0.29, 0.717) is 46.5 Å². The fourth-order valence-corrected chi connectivity index (χ4v) is 5.44. The Morgan fingerprint density at radius 2 is 1.89 bits per heavy atom. The van der Waals surface area contributed by atoms with Gasteiger partial charge in [-0.05, 0) is 29.5 Å². The molecule has 1 saturated heterocycles. The summed E-state index contributed by atoms with van der Waals surface area (Å²) in [7, 11) is 3.37. The maximum atomic E-state index is 11.7. The van der Waals surface area contributed by atoms with Crippen molar-refractivity contribution in [3.63, 3.8) is 0 Å². The molecule has 0 spiro atoms. The molecule has 0 bridgehead atoms. The Balaban J connectivity index is 1.67. The zero-order valence-electron chi connectivity index (χ0n) is 20.1. The number of hydrogen-bond donors (Lipinski definition) is 3. The number of nitrogens with one attached hydrogen (secondary N) is 1. The first-order valence-electron chi connectivity index (χ1n) is 11.5. The molecule has 1 fully saturated rings. The summed E-state index contributed by atoms with van der Waals surface area (Å²) in [4.78, 5) is 11.7. The van der Waals surface area contributed by atoms with Crippen molar-refractivity contribution in [2.24, 2.45) is 13.0 Å². The van der Waals surface area contributed by atoms with Crippen LogP contribution >= 0.6 is 23.2 Å². The van der Waals surface area contributed by atoms with Gasteiger partial charge in [0.15, 0.2) is 0 Å². The Labute approximate surface area is 214 Å². The van der Waals surface area contributed by atoms with Crippen LogP contribution in [0.2, 0.25) is 10.0 Å². The van der Waals surface area contributed by atoms with Crippen molar-refractivity contribution in [1.29, 1.82) is 0 Å². The van der Waals surface area contributed by atoms with E-state index in [1.807, 2.05) is 55.8 Å². The van der Waals surface area contributed by atoms with Gasteiger partial charge in [-0.3, -0.25) is 10.1 Å². The van der Waals surface area contributed by atoms with Gasteiger partial charge >= 0.3 is 5.97 Å². The lowest BCUT2D eigenvalue weighted by Crippen LogP contribution is -2.45. The number of carboxylic acid groups (broad SMARTS) is 1. The van der Waals surface area contributed by atoms with Crippen molar-refractivity contribution >= 4 is 40.1 Å². The third-order valence-corrected chi connectivity index (χ3v) is 7.78. The number of aliphatic hydroxyl groups is 1. The first-order chi connectivity index (χ1) is 16.6. The topological polar surface area (TPSA) is 93.0 Å². The van der Waals surface area contributed by atoms with Crippen LogP contribution in [-0.4, -0.2) is 41.1 Å². The number of aryl methyl sites for hydroxylation is 1. The van der Waals surface area contributed by atoms with Crippen molar-refractivity contribution in [3.8, 4) is 5.75 Å². The fraction of sp³-hybridized carbons (Fsp3) is 0.423. The van der Waals surface area contributed by atoms with E-state index in [9.17, 15) is 15.0 Å². The number of aliphatic carboxylic acids is 1. The first-order valence-corrected chi connectivity index (χ1v) is 12.2. The number of benzene rings is 2. The van der Waals surface area contributed by atoms with Crippen LogP contribution in [0.25, 0.3) is 10.9 Å². The van der Waals surface area contributed by atoms with Crippen molar-refractivity contribution < 1.29 is 24.5 Å². The first kappa shape index (κ1) is 25.8. The molecule has 2 heterocycles. The number of aromatic nitrogens is 1. The summed E-state index contributed by atoms with van der Waals surface area (Å²) in [5.74, 6) is -0.997. The maximum absolute atomic E-state index is 11.7. The molecular formula is C26H30Cl2N2O5. The highest BCUT2D eigenvalue weighted by atomic mass is 35.5. The van der Waals surface area contributed by atoms with Gasteiger partial charge in [-0.15, -0.1) is 0 Å². The Morgan fingerprint density at radius 1 is 1.20 bits per heavy atom. The number of carbonyl (C=O) groups is 1. The molecule has 7 nitrogen and oxygen atoms in total. The second-order valence-corrected chi connectivity index (χ2v) is 10.1. The average Bonchev–Trinajstić information content (AvgIpc) is 3.41. The SMILES string of the molecule is COc1cc2c(cc(C(O)NC3(c4ccc(C(C(=O)O)C(C)C)cc4)CCOC3)n2C)c(Cl)c1Cl. The summed E-state index contributed by atoms with van der Waals surface area (Å²) < 4.78 is 12.9. The molecule has 2 aromatic carbocycles. The van der Waals surface area contributed by atoms with E-state index in [2.05, 4.69) is 5.32 Å². The lowest BCUT2D eigenvalue weighted by molar-refractivity contribution is -0.139. The lowest BCUT2D eigenvalue weighted by Gasteiger charge is -2.33. The van der Waals surface area contributed by atoms with E-state index in [1.54, 1.807) is 6.07 Å². The van der Waals surface area contributed by atoms with Gasteiger partial charge in [0.1, 0.15) is 17.0 Å². The summed E-state index contributed by atoms with van der Waals surface area (Å²) in [6.07, 6.45) is -0.377. The lowest BCUT2D eigenvalue weighted by atomic mass is 9.84. The molecular weight excluding hydrogens is 491 g/mol. The number of hydrogen-bond acceptors (Lipinski definition) is 5. The van der Waals surface area contributed by atoms with Crippen molar-refractivity contribution in [2.45, 2.75) is 38.0 Å². The van der Waals surface area contributed by atoms with Crippen LogP contribution in [0.4, 0.5) is 0 Å². The van der Waals surface area contributed by atoms with Gasteiger partial charge < -0.3 is 24.3 Å². The number of nitrogens with zero attached hydrogens (tertiary/aromatic N) is 1. The van der Waals surface area contributed by atoms with E-state index < -0.39 is 23.7 Å². The number of halogens is 2. The quantitative estimate of drug-likeness (QED) is 0.353. The zero-order chi connectivity index (χ0) is 25.5. The van der Waals surface area contributed by atoms with Crippen LogP contribution in [-0.2, 0) is 22.1 Å². The smallest absolute Gasteiger partial charge is 0.311 e. The van der Waals surface area contributed by atoms with Gasteiger partial charge in [0.25, 0.3) is 0 Å². The summed E-state index contributed by atoms with van der Waals surface area (Å²) in [5.41, 5.74) is 2.43. The number of rotatable bonds is 8. The van der Waals surface area contributed by atoms with E-state index in [0.717, 1.165) is 16.6 Å². The summed E-state index contributed by atoms with van der Waals surface area (Å²) in [6, 6.07) is 11.2. The van der Waals surface area contributed by atoms with Gasteiger partial charge in [0, 0.05) is 25.1 Å². The third kappa shape index (κ3) is 4.63. The van der Waals surface area contributed by atoms with E-state index >= 15 is 0 Å². The molecule has 3 atom stereocenters. The molecule has 3 N–H and O–H groups in total. The zero-order valence-corrected chi connectivity index (χ0v) is 21.7. The van der Waals surface area contributed by atoms with Crippen LogP contribution in [0.15, 0.2) is 36.4 Å². The predicted molar refractivity (Wildman–Crippen MR) is 136 cm³/mol. The summed E-state index contributed by atoms with van der Waals surface area (Å²) in [6.45, 7) is 4.71. The average molecular weight is 521 g/mol. The molecule has 4 rings (SSSR count). The van der Waals surface area contributed by atoms with Crippen molar-refractivity contribution in [3.05, 3.63) is 63.3 Å². The Bertz CT molecular complexity index is 1230. The van der Waals surface area contributed by atoms with E-state index in [-0.39, 0.29) is 5.92 Å². The van der Waals surface area contributed by atoms with Gasteiger partial charge in [-0.25, -0.2) is 0 Å². The van der Waals surface area contributed by atoms with Crippen molar-refractivity contribution in [2.75, 3.05) is 20.3 Å². The van der Waals surface area contributed by atoms with Crippen LogP contribution in [0.1, 0.15) is 49.2 Å². The maximum Gasteiger partial charge on any atom is 0.311 e. The number of fused-ring (bicyclic) bond motifs is 1. The van der Waals surface area contributed by atoms with Gasteiger partial charge in [-0.2, -0.15) is 0 Å². The Kier molecular flexibility index (Phi) is 7.36. The third-order valence-electron chi connectivity index (χ3n) is 6.92. The van der Waals surface area contributed by atoms with Gasteiger partial charge in [0.2, 0.25) is 0 Å². The normalized spacial score (nSPS) is 19.9. The Hall–Kier alpha value is -2.29. The minimum atomic E-state index is -1.03. The van der Waals surface area contributed by atoms with Gasteiger partial charge in [-0.1, -0.05) is 61.3 Å². The number of aliphatic hydroxyl groups excluding tert-OH is 1. The summed E-state index contributed by atoms with van der Waals surface area (Å²) >= 11 is 12.8. The Morgan fingerprint density at radius 3 is 2.43 bits per heavy atom. The molecule has 0 radical (unpaired) electrons. The minimum absolute atomic E-state index is 0.0347. The molecule has 1 aromatic heterocycles. The highest BCUT2D eigenvalue weighted by Gasteiger charge is 2.39. The van der Waals surface area contributed by atoms with E-state index in [1.165, 1.54) is 7.11 Å². The highest BCUT2D eigenvalue weighted by molar-refractivity contribution is 6.46. The van der Waals surface area contributed by atoms with Crippen LogP contribution in [0.3, 0.4) is 0 Å².